The Kier molecular flexibility index (Phi) is 4.74. The van der Waals surface area contributed by atoms with E-state index in [0.29, 0.717) is 0 Å². The summed E-state index contributed by atoms with van der Waals surface area (Å²) in [4.78, 5) is 0. The zero-order valence-corrected chi connectivity index (χ0v) is 14.9. The summed E-state index contributed by atoms with van der Waals surface area (Å²) in [6.07, 6.45) is 2.14. The molecule has 1 heterocycles. The summed E-state index contributed by atoms with van der Waals surface area (Å²) in [6, 6.07) is 14.8. The Morgan fingerprint density at radius 3 is 2.29 bits per heavy atom. The molecule has 0 aliphatic heterocycles. The fourth-order valence-electron chi connectivity index (χ4n) is 2.10. The van der Waals surface area contributed by atoms with E-state index in [4.69, 9.17) is 4.43 Å². The van der Waals surface area contributed by atoms with Crippen LogP contribution in [0.5, 0.6) is 0 Å². The molecule has 0 radical (unpaired) electrons. The molecule has 1 aromatic carbocycles. The lowest BCUT2D eigenvalue weighted by Crippen LogP contribution is -2.41. The van der Waals surface area contributed by atoms with Gasteiger partial charge in [-0.3, -0.25) is 0 Å². The molecule has 1 aromatic heterocycles. The van der Waals surface area contributed by atoms with E-state index in [9.17, 15) is 0 Å². The zero-order valence-electron chi connectivity index (χ0n) is 13.9. The molecule has 0 bridgehead atoms. The Morgan fingerprint density at radius 2 is 1.67 bits per heavy atom. The molecular weight excluding hydrogens is 274 g/mol. The van der Waals surface area contributed by atoms with Gasteiger partial charge in [0.15, 0.2) is 8.32 Å². The van der Waals surface area contributed by atoms with Crippen LogP contribution in [0.25, 0.3) is 11.3 Å². The van der Waals surface area contributed by atoms with Crippen molar-refractivity contribution in [3.63, 3.8) is 0 Å². The lowest BCUT2D eigenvalue weighted by Gasteiger charge is -2.36. The number of nitrogens with zero attached hydrogens (tertiary/aromatic N) is 1. The summed E-state index contributed by atoms with van der Waals surface area (Å²) in [6.45, 7) is 13.1. The zero-order chi connectivity index (χ0) is 15.5. The first-order valence-corrected chi connectivity index (χ1v) is 10.6. The molecule has 0 fully saturated rings. The summed E-state index contributed by atoms with van der Waals surface area (Å²) in [5, 5.41) is 0.270. The lowest BCUT2D eigenvalue weighted by molar-refractivity contribution is 0.272. The van der Waals surface area contributed by atoms with E-state index >= 15 is 0 Å². The van der Waals surface area contributed by atoms with Crippen LogP contribution in [0.1, 0.15) is 20.8 Å². The average Bonchev–Trinajstić information content (AvgIpc) is 2.86. The molecule has 0 aliphatic rings. The van der Waals surface area contributed by atoms with E-state index in [1.165, 1.54) is 11.3 Å². The molecule has 0 saturated heterocycles. The van der Waals surface area contributed by atoms with Crippen LogP contribution in [0.15, 0.2) is 48.7 Å². The minimum atomic E-state index is -1.65. The minimum Gasteiger partial charge on any atom is -0.415 e. The van der Waals surface area contributed by atoms with Crippen molar-refractivity contribution >= 4 is 8.32 Å². The topological polar surface area (TPSA) is 14.2 Å². The molecule has 0 unspecified atom stereocenters. The Labute approximate surface area is 129 Å². The standard InChI is InChI=1S/C18H27NOSi/c1-18(2,3)21(4,5)20-15-14-19-13-9-12-17(19)16-10-7-6-8-11-16/h6-13H,14-15H2,1-5H3. The van der Waals surface area contributed by atoms with Crippen LogP contribution in [-0.4, -0.2) is 19.5 Å². The highest BCUT2D eigenvalue weighted by molar-refractivity contribution is 6.74. The van der Waals surface area contributed by atoms with Gasteiger partial charge < -0.3 is 8.99 Å². The summed E-state index contributed by atoms with van der Waals surface area (Å²) in [5.41, 5.74) is 2.52. The van der Waals surface area contributed by atoms with Crippen LogP contribution in [-0.2, 0) is 11.0 Å². The third-order valence-electron chi connectivity index (χ3n) is 4.50. The number of benzene rings is 1. The highest BCUT2D eigenvalue weighted by atomic mass is 28.4. The van der Waals surface area contributed by atoms with Crippen molar-refractivity contribution < 1.29 is 4.43 Å². The predicted molar refractivity (Wildman–Crippen MR) is 93.0 cm³/mol. The van der Waals surface area contributed by atoms with Crippen LogP contribution in [0.2, 0.25) is 18.1 Å². The Bertz CT molecular complexity index is 566. The third kappa shape index (κ3) is 3.86. The first kappa shape index (κ1) is 16.1. The molecular formula is C18H27NOSi. The van der Waals surface area contributed by atoms with Crippen LogP contribution < -0.4 is 0 Å². The van der Waals surface area contributed by atoms with Gasteiger partial charge in [0.05, 0.1) is 6.61 Å². The highest BCUT2D eigenvalue weighted by Crippen LogP contribution is 2.36. The van der Waals surface area contributed by atoms with Crippen LogP contribution in [0.3, 0.4) is 0 Å². The monoisotopic (exact) mass is 301 g/mol. The van der Waals surface area contributed by atoms with Crippen LogP contribution in [0.4, 0.5) is 0 Å². The molecule has 2 nitrogen and oxygen atoms in total. The first-order valence-electron chi connectivity index (χ1n) is 7.66. The average molecular weight is 302 g/mol. The maximum Gasteiger partial charge on any atom is 0.192 e. The highest BCUT2D eigenvalue weighted by Gasteiger charge is 2.36. The SMILES string of the molecule is CC(C)(C)[Si](C)(C)OCCn1cccc1-c1ccccc1. The number of hydrogen-bond acceptors (Lipinski definition) is 1. The molecule has 2 rings (SSSR count). The molecule has 114 valence electrons. The number of aromatic nitrogens is 1. The van der Waals surface area contributed by atoms with Crippen molar-refractivity contribution in [1.82, 2.24) is 4.57 Å². The van der Waals surface area contributed by atoms with E-state index in [1.54, 1.807) is 0 Å². The van der Waals surface area contributed by atoms with Crippen molar-refractivity contribution in [2.45, 2.75) is 45.4 Å². The molecule has 2 aromatic rings. The fourth-order valence-corrected chi connectivity index (χ4v) is 3.13. The van der Waals surface area contributed by atoms with Gasteiger partial charge in [0.2, 0.25) is 0 Å². The molecule has 0 amide bonds. The minimum absolute atomic E-state index is 0.270. The first-order chi connectivity index (χ1) is 9.81. The van der Waals surface area contributed by atoms with Crippen molar-refractivity contribution in [1.29, 1.82) is 0 Å². The van der Waals surface area contributed by atoms with Gasteiger partial charge in [-0.1, -0.05) is 51.1 Å². The summed E-state index contributed by atoms with van der Waals surface area (Å²) in [7, 11) is -1.65. The smallest absolute Gasteiger partial charge is 0.192 e. The maximum atomic E-state index is 6.28. The van der Waals surface area contributed by atoms with Crippen LogP contribution >= 0.6 is 0 Å². The van der Waals surface area contributed by atoms with E-state index in [2.05, 4.69) is 87.1 Å². The van der Waals surface area contributed by atoms with Gasteiger partial charge in [0, 0.05) is 18.4 Å². The summed E-state index contributed by atoms with van der Waals surface area (Å²) in [5.74, 6) is 0. The van der Waals surface area contributed by atoms with Gasteiger partial charge in [-0.2, -0.15) is 0 Å². The van der Waals surface area contributed by atoms with Gasteiger partial charge >= 0.3 is 0 Å². The van der Waals surface area contributed by atoms with Gasteiger partial charge in [-0.05, 0) is 35.8 Å². The second-order valence-electron chi connectivity index (χ2n) is 7.06. The van der Waals surface area contributed by atoms with Crippen molar-refractivity contribution in [3.8, 4) is 11.3 Å². The molecule has 0 saturated carbocycles. The van der Waals surface area contributed by atoms with E-state index in [-0.39, 0.29) is 5.04 Å². The quantitative estimate of drug-likeness (QED) is 0.694. The van der Waals surface area contributed by atoms with Gasteiger partial charge in [-0.15, -0.1) is 0 Å². The Balaban J connectivity index is 2.02. The van der Waals surface area contributed by atoms with E-state index < -0.39 is 8.32 Å². The maximum absolute atomic E-state index is 6.28. The molecule has 21 heavy (non-hydrogen) atoms. The van der Waals surface area contributed by atoms with Gasteiger partial charge in [0.1, 0.15) is 0 Å². The van der Waals surface area contributed by atoms with Crippen molar-refractivity contribution in [2.75, 3.05) is 6.61 Å². The Morgan fingerprint density at radius 1 is 1.00 bits per heavy atom. The van der Waals surface area contributed by atoms with E-state index in [1.807, 2.05) is 0 Å². The molecule has 3 heteroatoms. The van der Waals surface area contributed by atoms with E-state index in [0.717, 1.165) is 13.2 Å². The Hall–Kier alpha value is -1.32. The van der Waals surface area contributed by atoms with Crippen molar-refractivity contribution in [3.05, 3.63) is 48.7 Å². The lowest BCUT2D eigenvalue weighted by atomic mass is 10.1. The second-order valence-corrected chi connectivity index (χ2v) is 11.9. The second kappa shape index (κ2) is 6.20. The predicted octanol–water partition coefficient (Wildman–Crippen LogP) is 5.18. The molecule has 0 spiro atoms. The van der Waals surface area contributed by atoms with Crippen molar-refractivity contribution in [2.24, 2.45) is 0 Å². The van der Waals surface area contributed by atoms with Gasteiger partial charge in [-0.25, -0.2) is 0 Å². The number of hydrogen-bond donors (Lipinski definition) is 0. The third-order valence-corrected chi connectivity index (χ3v) is 9.04. The number of rotatable bonds is 5. The summed E-state index contributed by atoms with van der Waals surface area (Å²) < 4.78 is 8.56. The largest absolute Gasteiger partial charge is 0.415 e. The normalized spacial score (nSPS) is 12.6. The summed E-state index contributed by atoms with van der Waals surface area (Å²) >= 11 is 0. The van der Waals surface area contributed by atoms with Gasteiger partial charge in [0.25, 0.3) is 0 Å². The molecule has 0 N–H and O–H groups in total. The van der Waals surface area contributed by atoms with Crippen LogP contribution in [0, 0.1) is 0 Å². The molecule has 0 aliphatic carbocycles. The fraction of sp³-hybridized carbons (Fsp3) is 0.444. The molecule has 0 atom stereocenters.